The van der Waals surface area contributed by atoms with Crippen LogP contribution in [0.1, 0.15) is 39.5 Å². The van der Waals surface area contributed by atoms with Gasteiger partial charge in [0.15, 0.2) is 0 Å². The first-order chi connectivity index (χ1) is 5.63. The van der Waals surface area contributed by atoms with Crippen molar-refractivity contribution in [3.63, 3.8) is 0 Å². The van der Waals surface area contributed by atoms with Gasteiger partial charge in [0.25, 0.3) is 0 Å². The summed E-state index contributed by atoms with van der Waals surface area (Å²) in [5.41, 5.74) is 0.159. The van der Waals surface area contributed by atoms with Gasteiger partial charge in [-0.15, -0.1) is 0 Å². The Morgan fingerprint density at radius 3 is 1.58 bits per heavy atom. The zero-order chi connectivity index (χ0) is 9.56. The molecule has 3 heteroatoms. The summed E-state index contributed by atoms with van der Waals surface area (Å²) in [5, 5.41) is 14.6. The molecule has 2 N–H and O–H groups in total. The highest BCUT2D eigenvalue weighted by molar-refractivity contribution is 6.65. The van der Waals surface area contributed by atoms with Crippen molar-refractivity contribution in [2.24, 2.45) is 0 Å². The van der Waals surface area contributed by atoms with Crippen LogP contribution in [0.25, 0.3) is 0 Å². The van der Waals surface area contributed by atoms with Crippen LogP contribution >= 0.6 is 0 Å². The van der Waals surface area contributed by atoms with E-state index in [2.05, 4.69) is 0 Å². The molecule has 0 unspecified atom stereocenters. The first kappa shape index (κ1) is 11.0. The summed E-state index contributed by atoms with van der Waals surface area (Å²) < 4.78 is 0. The van der Waals surface area contributed by atoms with Crippen LogP contribution in [0.4, 0.5) is 0 Å². The van der Waals surface area contributed by atoms with E-state index in [1.807, 2.05) is 13.8 Å². The summed E-state index contributed by atoms with van der Waals surface area (Å²) in [6, 6.07) is 0. The zero-order valence-electron chi connectivity index (χ0n) is 7.74. The maximum atomic E-state index is 11.2. The normalized spacial score (nSPS) is 9.50. The predicted molar refractivity (Wildman–Crippen MR) is 50.3 cm³/mol. The standard InChI is InChI=1S/C9H16N2O/c1-3-5-7(10)9(12)8(11)6-4-2/h10-11H,3-6H2,1-2H3. The molecule has 0 aromatic carbocycles. The van der Waals surface area contributed by atoms with Crippen molar-refractivity contribution in [1.29, 1.82) is 10.8 Å². The summed E-state index contributed by atoms with van der Waals surface area (Å²) in [7, 11) is 0. The van der Waals surface area contributed by atoms with Gasteiger partial charge in [0.2, 0.25) is 5.78 Å². The zero-order valence-corrected chi connectivity index (χ0v) is 7.74. The molecular formula is C9H16N2O. The summed E-state index contributed by atoms with van der Waals surface area (Å²) in [6.07, 6.45) is 2.57. The van der Waals surface area contributed by atoms with Gasteiger partial charge in [-0.05, 0) is 12.8 Å². The monoisotopic (exact) mass is 168 g/mol. The molecule has 68 valence electrons. The molecule has 0 rings (SSSR count). The Kier molecular flexibility index (Phi) is 5.17. The molecule has 12 heavy (non-hydrogen) atoms. The molecule has 0 aliphatic rings. The van der Waals surface area contributed by atoms with Crippen LogP contribution in [0.3, 0.4) is 0 Å². The average molecular weight is 168 g/mol. The molecule has 0 heterocycles. The summed E-state index contributed by atoms with van der Waals surface area (Å²) in [4.78, 5) is 11.2. The Bertz CT molecular complexity index is 177. The van der Waals surface area contributed by atoms with Crippen LogP contribution < -0.4 is 0 Å². The second-order valence-electron chi connectivity index (χ2n) is 2.79. The van der Waals surface area contributed by atoms with Crippen LogP contribution in [-0.2, 0) is 4.79 Å². The topological polar surface area (TPSA) is 64.8 Å². The van der Waals surface area contributed by atoms with Gasteiger partial charge in [-0.25, -0.2) is 0 Å². The van der Waals surface area contributed by atoms with Crippen molar-refractivity contribution in [2.45, 2.75) is 39.5 Å². The fourth-order valence-corrected chi connectivity index (χ4v) is 0.909. The minimum Gasteiger partial charge on any atom is -0.301 e. The average Bonchev–Trinajstić information content (AvgIpc) is 2.04. The van der Waals surface area contributed by atoms with Crippen LogP contribution in [0.15, 0.2) is 0 Å². The van der Waals surface area contributed by atoms with Crippen molar-refractivity contribution in [1.82, 2.24) is 0 Å². The van der Waals surface area contributed by atoms with Crippen LogP contribution in [0.5, 0.6) is 0 Å². The van der Waals surface area contributed by atoms with Crippen molar-refractivity contribution in [2.75, 3.05) is 0 Å². The number of carbonyl (C=O) groups excluding carboxylic acids is 1. The van der Waals surface area contributed by atoms with E-state index in [4.69, 9.17) is 10.8 Å². The molecule has 0 aromatic heterocycles. The maximum absolute atomic E-state index is 11.2. The predicted octanol–water partition coefficient (Wildman–Crippen LogP) is 2.20. The molecule has 0 bridgehead atoms. The Hall–Kier alpha value is -0.990. The van der Waals surface area contributed by atoms with Crippen LogP contribution in [-0.4, -0.2) is 17.2 Å². The number of rotatable bonds is 6. The lowest BCUT2D eigenvalue weighted by Gasteiger charge is -2.01. The van der Waals surface area contributed by atoms with Crippen molar-refractivity contribution < 1.29 is 4.79 Å². The summed E-state index contributed by atoms with van der Waals surface area (Å²) in [5.74, 6) is -0.376. The van der Waals surface area contributed by atoms with E-state index in [9.17, 15) is 4.79 Å². The quantitative estimate of drug-likeness (QED) is 0.586. The van der Waals surface area contributed by atoms with E-state index in [1.54, 1.807) is 0 Å². The van der Waals surface area contributed by atoms with Crippen molar-refractivity contribution in [3.8, 4) is 0 Å². The smallest absolute Gasteiger partial charge is 0.219 e. The van der Waals surface area contributed by atoms with Gasteiger partial charge in [-0.1, -0.05) is 26.7 Å². The van der Waals surface area contributed by atoms with E-state index >= 15 is 0 Å². The molecule has 0 saturated heterocycles. The molecular weight excluding hydrogens is 152 g/mol. The molecule has 0 radical (unpaired) electrons. The number of hydrogen-bond donors (Lipinski definition) is 2. The second-order valence-corrected chi connectivity index (χ2v) is 2.79. The van der Waals surface area contributed by atoms with E-state index in [0.717, 1.165) is 12.8 Å². The van der Waals surface area contributed by atoms with Crippen LogP contribution in [0, 0.1) is 10.8 Å². The third-order valence-electron chi connectivity index (χ3n) is 1.55. The van der Waals surface area contributed by atoms with Gasteiger partial charge < -0.3 is 10.8 Å². The number of carbonyl (C=O) groups is 1. The van der Waals surface area contributed by atoms with E-state index in [-0.39, 0.29) is 17.2 Å². The molecule has 3 nitrogen and oxygen atoms in total. The Labute approximate surface area is 73.2 Å². The minimum absolute atomic E-state index is 0.0796. The van der Waals surface area contributed by atoms with Gasteiger partial charge in [0, 0.05) is 0 Å². The molecule has 0 atom stereocenters. The highest BCUT2D eigenvalue weighted by Gasteiger charge is 2.12. The molecule has 0 aromatic rings. The Morgan fingerprint density at radius 1 is 1.00 bits per heavy atom. The number of hydrogen-bond acceptors (Lipinski definition) is 3. The van der Waals surface area contributed by atoms with Gasteiger partial charge in [-0.3, -0.25) is 4.79 Å². The first-order valence-electron chi connectivity index (χ1n) is 4.33. The molecule has 0 saturated carbocycles. The fraction of sp³-hybridized carbons (Fsp3) is 0.667. The van der Waals surface area contributed by atoms with Crippen molar-refractivity contribution >= 4 is 17.2 Å². The fourth-order valence-electron chi connectivity index (χ4n) is 0.909. The number of Topliss-reactive ketones (excluding diaryl/α,β-unsaturated/α-hetero) is 1. The van der Waals surface area contributed by atoms with E-state index in [0.29, 0.717) is 12.8 Å². The Balaban J connectivity index is 4.01. The molecule has 0 fully saturated rings. The van der Waals surface area contributed by atoms with E-state index in [1.165, 1.54) is 0 Å². The Morgan fingerprint density at radius 2 is 1.33 bits per heavy atom. The SMILES string of the molecule is CCCC(=N)C(=O)C(=N)CCC. The lowest BCUT2D eigenvalue weighted by atomic mass is 10.0. The molecule has 0 spiro atoms. The van der Waals surface area contributed by atoms with Gasteiger partial charge in [0.1, 0.15) is 0 Å². The second kappa shape index (κ2) is 5.63. The van der Waals surface area contributed by atoms with Gasteiger partial charge >= 0.3 is 0 Å². The molecule has 0 amide bonds. The van der Waals surface area contributed by atoms with Gasteiger partial charge in [-0.2, -0.15) is 0 Å². The highest BCUT2D eigenvalue weighted by atomic mass is 16.1. The molecule has 0 aliphatic heterocycles. The highest BCUT2D eigenvalue weighted by Crippen LogP contribution is 1.97. The van der Waals surface area contributed by atoms with E-state index < -0.39 is 0 Å². The summed E-state index contributed by atoms with van der Waals surface area (Å²) >= 11 is 0. The lowest BCUT2D eigenvalue weighted by Crippen LogP contribution is -2.22. The first-order valence-corrected chi connectivity index (χ1v) is 4.33. The minimum atomic E-state index is -0.376. The van der Waals surface area contributed by atoms with Gasteiger partial charge in [0.05, 0.1) is 11.4 Å². The number of ketones is 1. The third kappa shape index (κ3) is 3.42. The van der Waals surface area contributed by atoms with Crippen molar-refractivity contribution in [3.05, 3.63) is 0 Å². The summed E-state index contributed by atoms with van der Waals surface area (Å²) in [6.45, 7) is 3.84. The lowest BCUT2D eigenvalue weighted by molar-refractivity contribution is -0.107. The third-order valence-corrected chi connectivity index (χ3v) is 1.55. The van der Waals surface area contributed by atoms with Crippen LogP contribution in [0.2, 0.25) is 0 Å². The maximum Gasteiger partial charge on any atom is 0.219 e. The molecule has 0 aliphatic carbocycles. The largest absolute Gasteiger partial charge is 0.301 e. The number of nitrogens with one attached hydrogen (secondary N) is 2.